The summed E-state index contributed by atoms with van der Waals surface area (Å²) in [6.45, 7) is 3.52. The van der Waals surface area contributed by atoms with Crippen LogP contribution >= 0.6 is 0 Å². The molecule has 0 amide bonds. The molecule has 70 valence electrons. The van der Waals surface area contributed by atoms with E-state index in [0.29, 0.717) is 17.7 Å². The number of hydrogen-bond donors (Lipinski definition) is 1. The number of halogens is 1. The van der Waals surface area contributed by atoms with Gasteiger partial charge in [0, 0.05) is 5.71 Å². The van der Waals surface area contributed by atoms with Crippen molar-refractivity contribution in [3.05, 3.63) is 35.4 Å². The van der Waals surface area contributed by atoms with E-state index in [1.807, 2.05) is 13.0 Å². The molecule has 0 radical (unpaired) electrons. The first kappa shape index (κ1) is 9.90. The lowest BCUT2D eigenvalue weighted by molar-refractivity contribution is 0.334. The summed E-state index contributed by atoms with van der Waals surface area (Å²) >= 11 is 0. The molecule has 0 aliphatic heterocycles. The van der Waals surface area contributed by atoms with Crippen LogP contribution in [0.2, 0.25) is 0 Å². The largest absolute Gasteiger partial charge is 0.305 e. The Morgan fingerprint density at radius 3 is 2.77 bits per heavy atom. The topological polar surface area (TPSA) is 23.9 Å². The van der Waals surface area contributed by atoms with Crippen molar-refractivity contribution in [3.8, 4) is 0 Å². The molecule has 1 rings (SSSR count). The van der Waals surface area contributed by atoms with Crippen molar-refractivity contribution in [3.63, 3.8) is 0 Å². The van der Waals surface area contributed by atoms with Gasteiger partial charge in [0.15, 0.2) is 0 Å². The fourth-order valence-electron chi connectivity index (χ4n) is 1.20. The third kappa shape index (κ3) is 2.38. The monoisotopic (exact) mass is 179 g/mol. The minimum atomic E-state index is -0.903. The van der Waals surface area contributed by atoms with Gasteiger partial charge in [-0.1, -0.05) is 25.1 Å². The zero-order valence-electron chi connectivity index (χ0n) is 7.97. The summed E-state index contributed by atoms with van der Waals surface area (Å²) in [5.41, 5.74) is 1.95. The summed E-state index contributed by atoms with van der Waals surface area (Å²) in [6, 6.07) is 7.14. The Kier molecular flexibility index (Phi) is 3.18. The average Bonchev–Trinajstić information content (AvgIpc) is 2.17. The Morgan fingerprint density at radius 1 is 1.54 bits per heavy atom. The molecule has 0 saturated heterocycles. The van der Waals surface area contributed by atoms with Crippen LogP contribution in [0.5, 0.6) is 0 Å². The van der Waals surface area contributed by atoms with Crippen LogP contribution in [0.4, 0.5) is 4.39 Å². The molecule has 0 heterocycles. The first-order valence-electron chi connectivity index (χ1n) is 4.44. The van der Waals surface area contributed by atoms with Crippen LogP contribution in [0.3, 0.4) is 0 Å². The lowest BCUT2D eigenvalue weighted by Crippen LogP contribution is -1.95. The first-order chi connectivity index (χ1) is 6.15. The number of benzene rings is 1. The normalized spacial score (nSPS) is 12.5. The molecule has 0 spiro atoms. The molecule has 13 heavy (non-hydrogen) atoms. The SMILES string of the molecule is CCC(F)c1cccc(C(C)=N)c1. The van der Waals surface area contributed by atoms with Gasteiger partial charge in [0.1, 0.15) is 6.17 Å². The summed E-state index contributed by atoms with van der Waals surface area (Å²) in [6.07, 6.45) is -0.417. The Hall–Kier alpha value is -1.18. The Bertz CT molecular complexity index is 307. The van der Waals surface area contributed by atoms with Crippen LogP contribution in [-0.4, -0.2) is 5.71 Å². The van der Waals surface area contributed by atoms with Crippen molar-refractivity contribution in [1.29, 1.82) is 5.41 Å². The highest BCUT2D eigenvalue weighted by Gasteiger charge is 2.07. The molecule has 1 aromatic carbocycles. The van der Waals surface area contributed by atoms with Crippen LogP contribution in [0.25, 0.3) is 0 Å². The van der Waals surface area contributed by atoms with Crippen LogP contribution in [-0.2, 0) is 0 Å². The smallest absolute Gasteiger partial charge is 0.125 e. The highest BCUT2D eigenvalue weighted by atomic mass is 19.1. The quantitative estimate of drug-likeness (QED) is 0.687. The summed E-state index contributed by atoms with van der Waals surface area (Å²) in [4.78, 5) is 0. The first-order valence-corrected chi connectivity index (χ1v) is 4.44. The van der Waals surface area contributed by atoms with Crippen molar-refractivity contribution < 1.29 is 4.39 Å². The number of nitrogens with one attached hydrogen (secondary N) is 1. The molecule has 1 atom stereocenters. The second kappa shape index (κ2) is 4.17. The van der Waals surface area contributed by atoms with E-state index < -0.39 is 6.17 Å². The summed E-state index contributed by atoms with van der Waals surface area (Å²) in [5, 5.41) is 7.41. The van der Waals surface area contributed by atoms with Gasteiger partial charge in [-0.15, -0.1) is 0 Å². The Balaban J connectivity index is 2.98. The molecular weight excluding hydrogens is 165 g/mol. The molecular formula is C11H14FN. The number of alkyl halides is 1. The minimum Gasteiger partial charge on any atom is -0.305 e. The molecule has 2 heteroatoms. The lowest BCUT2D eigenvalue weighted by atomic mass is 10.0. The molecule has 0 bridgehead atoms. The average molecular weight is 179 g/mol. The minimum absolute atomic E-state index is 0.477. The van der Waals surface area contributed by atoms with Gasteiger partial charge < -0.3 is 5.41 Å². The van der Waals surface area contributed by atoms with Gasteiger partial charge in [0.05, 0.1) is 0 Å². The second-order valence-electron chi connectivity index (χ2n) is 3.13. The standard InChI is InChI=1S/C11H14FN/c1-3-11(12)10-6-4-5-9(7-10)8(2)13/h4-7,11,13H,3H2,1-2H3. The van der Waals surface area contributed by atoms with Gasteiger partial charge in [-0.3, -0.25) is 0 Å². The van der Waals surface area contributed by atoms with E-state index in [4.69, 9.17) is 5.41 Å². The maximum Gasteiger partial charge on any atom is 0.125 e. The second-order valence-corrected chi connectivity index (χ2v) is 3.13. The molecule has 0 aliphatic rings. The van der Waals surface area contributed by atoms with Gasteiger partial charge >= 0.3 is 0 Å². The molecule has 0 fully saturated rings. The predicted octanol–water partition coefficient (Wildman–Crippen LogP) is 3.49. The molecule has 0 saturated carbocycles. The molecule has 1 aromatic rings. The van der Waals surface area contributed by atoms with Crippen molar-refractivity contribution in [2.24, 2.45) is 0 Å². The summed E-state index contributed by atoms with van der Waals surface area (Å²) in [5.74, 6) is 0. The maximum atomic E-state index is 13.2. The third-order valence-corrected chi connectivity index (χ3v) is 2.04. The molecule has 1 unspecified atom stereocenters. The van der Waals surface area contributed by atoms with Crippen LogP contribution in [0, 0.1) is 5.41 Å². The maximum absolute atomic E-state index is 13.2. The molecule has 1 N–H and O–H groups in total. The fraction of sp³-hybridized carbons (Fsp3) is 0.364. The molecule has 0 aliphatic carbocycles. The van der Waals surface area contributed by atoms with Crippen LogP contribution in [0.1, 0.15) is 37.6 Å². The predicted molar refractivity (Wildman–Crippen MR) is 53.1 cm³/mol. The van der Waals surface area contributed by atoms with E-state index in [2.05, 4.69) is 0 Å². The van der Waals surface area contributed by atoms with Gasteiger partial charge in [-0.05, 0) is 30.5 Å². The summed E-state index contributed by atoms with van der Waals surface area (Å²) in [7, 11) is 0. The van der Waals surface area contributed by atoms with E-state index in [9.17, 15) is 4.39 Å². The third-order valence-electron chi connectivity index (χ3n) is 2.04. The van der Waals surface area contributed by atoms with Crippen LogP contribution < -0.4 is 0 Å². The van der Waals surface area contributed by atoms with Gasteiger partial charge in [-0.2, -0.15) is 0 Å². The molecule has 0 aromatic heterocycles. The van der Waals surface area contributed by atoms with Crippen molar-refractivity contribution in [1.82, 2.24) is 0 Å². The fourth-order valence-corrected chi connectivity index (χ4v) is 1.20. The zero-order chi connectivity index (χ0) is 9.84. The zero-order valence-corrected chi connectivity index (χ0v) is 7.97. The van der Waals surface area contributed by atoms with E-state index >= 15 is 0 Å². The van der Waals surface area contributed by atoms with Crippen LogP contribution in [0.15, 0.2) is 24.3 Å². The van der Waals surface area contributed by atoms with Crippen molar-refractivity contribution in [2.45, 2.75) is 26.4 Å². The van der Waals surface area contributed by atoms with Crippen molar-refractivity contribution in [2.75, 3.05) is 0 Å². The van der Waals surface area contributed by atoms with E-state index in [1.165, 1.54) is 0 Å². The van der Waals surface area contributed by atoms with E-state index in [1.54, 1.807) is 25.1 Å². The van der Waals surface area contributed by atoms with Gasteiger partial charge in [0.2, 0.25) is 0 Å². The number of hydrogen-bond acceptors (Lipinski definition) is 1. The van der Waals surface area contributed by atoms with E-state index in [-0.39, 0.29) is 0 Å². The highest BCUT2D eigenvalue weighted by Crippen LogP contribution is 2.21. The van der Waals surface area contributed by atoms with Gasteiger partial charge in [-0.25, -0.2) is 4.39 Å². The summed E-state index contributed by atoms with van der Waals surface area (Å²) < 4.78 is 13.2. The molecule has 1 nitrogen and oxygen atoms in total. The Labute approximate surface area is 78.1 Å². The van der Waals surface area contributed by atoms with Crippen molar-refractivity contribution >= 4 is 5.71 Å². The lowest BCUT2D eigenvalue weighted by Gasteiger charge is -2.06. The number of rotatable bonds is 3. The Morgan fingerprint density at radius 2 is 2.23 bits per heavy atom. The van der Waals surface area contributed by atoms with E-state index in [0.717, 1.165) is 5.56 Å². The highest BCUT2D eigenvalue weighted by molar-refractivity contribution is 5.96. The van der Waals surface area contributed by atoms with Gasteiger partial charge in [0.25, 0.3) is 0 Å².